The number of nitrogens with one attached hydrogen (secondary N) is 2. The summed E-state index contributed by atoms with van der Waals surface area (Å²) in [5.74, 6) is 0. The summed E-state index contributed by atoms with van der Waals surface area (Å²) in [6.45, 7) is 0. The van der Waals surface area contributed by atoms with E-state index in [1.165, 1.54) is 12.1 Å². The van der Waals surface area contributed by atoms with Crippen LogP contribution in [0.15, 0.2) is 60.7 Å². The highest BCUT2D eigenvalue weighted by Crippen LogP contribution is 2.46. The molecular weight excluding hydrogens is 468 g/mol. The third kappa shape index (κ3) is 3.83. The number of rotatable bonds is 5. The van der Waals surface area contributed by atoms with Gasteiger partial charge in [0.1, 0.15) is 0 Å². The molecule has 3 aromatic carbocycles. The summed E-state index contributed by atoms with van der Waals surface area (Å²) in [6.07, 6.45) is 0. The minimum absolute atomic E-state index is 0.0311. The van der Waals surface area contributed by atoms with Gasteiger partial charge >= 0.3 is 0 Å². The lowest BCUT2D eigenvalue weighted by molar-refractivity contribution is -0.996. The zero-order valence-electron chi connectivity index (χ0n) is 13.4. The van der Waals surface area contributed by atoms with Crippen molar-refractivity contribution in [2.45, 2.75) is 9.65 Å². The number of hydrogen-bond donors (Lipinski definition) is 4. The lowest BCUT2D eigenvalue weighted by Gasteiger charge is -2.24. The van der Waals surface area contributed by atoms with Crippen LogP contribution in [0, 0.1) is 10.4 Å². The zero-order valence-corrected chi connectivity index (χ0v) is 16.6. The van der Waals surface area contributed by atoms with Crippen molar-refractivity contribution in [3.8, 4) is 0 Å². The molecule has 3 aromatic rings. The van der Waals surface area contributed by atoms with E-state index in [9.17, 15) is 15.6 Å². The molecule has 8 heteroatoms. The van der Waals surface area contributed by atoms with Crippen molar-refractivity contribution in [3.63, 3.8) is 0 Å². The largest absolute Gasteiger partial charge is 0.595 e. The number of fused-ring (bicyclic) bond motifs is 1. The zero-order chi connectivity index (χ0) is 18.8. The molecule has 0 saturated heterocycles. The van der Waals surface area contributed by atoms with Crippen LogP contribution in [-0.4, -0.2) is 10.4 Å². The van der Waals surface area contributed by atoms with Crippen molar-refractivity contribution in [2.75, 3.05) is 0 Å². The van der Waals surface area contributed by atoms with Crippen LogP contribution in [0.3, 0.4) is 0 Å². The molecule has 2 unspecified atom stereocenters. The third-order valence-electron chi connectivity index (χ3n) is 4.21. The molecular formula is C18H16Br2N2O4. The fourth-order valence-corrected chi connectivity index (χ4v) is 4.29. The third-order valence-corrected chi connectivity index (χ3v) is 6.96. The summed E-state index contributed by atoms with van der Waals surface area (Å²) in [6, 6.07) is 18.1. The van der Waals surface area contributed by atoms with Crippen molar-refractivity contribution in [1.29, 1.82) is 0 Å². The molecule has 0 aliphatic rings. The molecule has 0 heterocycles. The molecule has 6 nitrogen and oxygen atoms in total. The molecule has 3 rings (SSSR count). The van der Waals surface area contributed by atoms with Gasteiger partial charge in [-0.25, -0.2) is 10.4 Å². The summed E-state index contributed by atoms with van der Waals surface area (Å²) in [5.41, 5.74) is 1.44. The second kappa shape index (κ2) is 8.12. The number of quaternary nitrogens is 2. The van der Waals surface area contributed by atoms with E-state index in [1.807, 2.05) is 42.5 Å². The number of hydrogen-bond acceptors (Lipinski definition) is 4. The Labute approximate surface area is 166 Å². The summed E-state index contributed by atoms with van der Waals surface area (Å²) in [4.78, 5) is -0.565. The maximum Gasteiger partial charge on any atom is 0.174 e. The van der Waals surface area contributed by atoms with Crippen LogP contribution < -0.4 is 10.5 Å². The summed E-state index contributed by atoms with van der Waals surface area (Å²) in [5, 5.41) is 41.3. The average Bonchev–Trinajstić information content (AvgIpc) is 2.65. The first kappa shape index (κ1) is 19.4. The van der Waals surface area contributed by atoms with Crippen LogP contribution in [-0.2, 0) is 0 Å². The van der Waals surface area contributed by atoms with Crippen LogP contribution in [0.2, 0.25) is 0 Å². The Hall–Kier alpha value is -1.36. The molecule has 0 spiro atoms. The molecule has 4 atom stereocenters. The maximum atomic E-state index is 11.6. The quantitative estimate of drug-likeness (QED) is 0.331. The molecule has 0 radical (unpaired) electrons. The van der Waals surface area contributed by atoms with Crippen LogP contribution in [0.1, 0.15) is 20.8 Å². The van der Waals surface area contributed by atoms with Crippen molar-refractivity contribution >= 4 is 54.0 Å². The topological polar surface area (TPSA) is 95.5 Å². The molecule has 0 aliphatic heterocycles. The molecule has 136 valence electrons. The van der Waals surface area contributed by atoms with Gasteiger partial charge in [-0.05, 0) is 22.4 Å². The lowest BCUT2D eigenvalue weighted by Crippen LogP contribution is -3.01. The minimum Gasteiger partial charge on any atom is -0.595 e. The van der Waals surface area contributed by atoms with Gasteiger partial charge < -0.3 is 10.4 Å². The average molecular weight is 484 g/mol. The fourth-order valence-electron chi connectivity index (χ4n) is 2.92. The Kier molecular flexibility index (Phi) is 6.06. The standard InChI is InChI=1S/C18H16Br2N2O4/c19-17(14-7-3-5-11-4-1-2-6-13(11)14)18(20)15-9-8-12(21(23)24)10-16(15)22(25)26/h1-10,17-18,21-23,25H/t17-,18+/m0/s1. The number of halogens is 2. The van der Waals surface area contributed by atoms with E-state index in [-0.39, 0.29) is 21.0 Å². The van der Waals surface area contributed by atoms with Crippen LogP contribution in [0.4, 0.5) is 11.4 Å². The first-order chi connectivity index (χ1) is 12.4. The van der Waals surface area contributed by atoms with Crippen LogP contribution >= 0.6 is 31.9 Å². The van der Waals surface area contributed by atoms with Gasteiger partial charge in [-0.15, -0.1) is 0 Å². The molecule has 4 N–H and O–H groups in total. The van der Waals surface area contributed by atoms with Gasteiger partial charge in [0.2, 0.25) is 0 Å². The Bertz CT molecular complexity index is 915. The molecule has 0 aromatic heterocycles. The van der Waals surface area contributed by atoms with Crippen molar-refractivity contribution < 1.29 is 20.9 Å². The second-order valence-electron chi connectivity index (χ2n) is 5.78. The van der Waals surface area contributed by atoms with Crippen LogP contribution in [0.5, 0.6) is 0 Å². The van der Waals surface area contributed by atoms with Gasteiger partial charge in [-0.2, -0.15) is 10.5 Å². The number of alkyl halides is 2. The molecule has 26 heavy (non-hydrogen) atoms. The molecule has 0 aliphatic carbocycles. The van der Waals surface area contributed by atoms with E-state index < -0.39 is 10.5 Å². The van der Waals surface area contributed by atoms with E-state index in [4.69, 9.17) is 5.21 Å². The van der Waals surface area contributed by atoms with Gasteiger partial charge in [-0.1, -0.05) is 74.3 Å². The van der Waals surface area contributed by atoms with Gasteiger partial charge in [0.15, 0.2) is 11.4 Å². The second-order valence-corrected chi connectivity index (χ2v) is 7.76. The van der Waals surface area contributed by atoms with Gasteiger partial charge in [0.25, 0.3) is 0 Å². The van der Waals surface area contributed by atoms with E-state index in [0.29, 0.717) is 5.56 Å². The van der Waals surface area contributed by atoms with E-state index >= 15 is 0 Å². The first-order valence-corrected chi connectivity index (χ1v) is 9.59. The predicted molar refractivity (Wildman–Crippen MR) is 105 cm³/mol. The fraction of sp³-hybridized carbons (Fsp3) is 0.111. The first-order valence-electron chi connectivity index (χ1n) is 7.76. The van der Waals surface area contributed by atoms with E-state index in [2.05, 4.69) is 31.9 Å². The van der Waals surface area contributed by atoms with Crippen LogP contribution in [0.25, 0.3) is 10.8 Å². The Balaban J connectivity index is 2.04. The summed E-state index contributed by atoms with van der Waals surface area (Å²) < 4.78 is 0. The van der Waals surface area contributed by atoms with Crippen molar-refractivity contribution in [3.05, 3.63) is 82.2 Å². The summed E-state index contributed by atoms with van der Waals surface area (Å²) >= 11 is 7.28. The summed E-state index contributed by atoms with van der Waals surface area (Å²) in [7, 11) is 0. The highest BCUT2D eigenvalue weighted by atomic mass is 79.9. The maximum absolute atomic E-state index is 11.6. The van der Waals surface area contributed by atoms with Gasteiger partial charge in [-0.3, -0.25) is 0 Å². The molecule has 0 bridgehead atoms. The van der Waals surface area contributed by atoms with Crippen molar-refractivity contribution in [1.82, 2.24) is 0 Å². The Morgan fingerprint density at radius 1 is 0.769 bits per heavy atom. The SMILES string of the molecule is [O-][NH+](O)c1ccc([C@@H](Br)[C@@H](Br)c2cccc3ccccc23)c([NH+]([O-])O)c1. The smallest absolute Gasteiger partial charge is 0.174 e. The monoisotopic (exact) mass is 482 g/mol. The Morgan fingerprint density at radius 2 is 1.42 bits per heavy atom. The van der Waals surface area contributed by atoms with E-state index in [0.717, 1.165) is 16.3 Å². The molecule has 0 amide bonds. The van der Waals surface area contributed by atoms with Crippen molar-refractivity contribution in [2.24, 2.45) is 0 Å². The Morgan fingerprint density at radius 3 is 2.12 bits per heavy atom. The minimum atomic E-state index is -1.16. The number of benzene rings is 3. The van der Waals surface area contributed by atoms with Gasteiger partial charge in [0.05, 0.1) is 15.7 Å². The normalized spacial score (nSPS) is 16.2. The predicted octanol–water partition coefficient (Wildman–Crippen LogP) is 3.22. The molecule has 0 saturated carbocycles. The highest BCUT2D eigenvalue weighted by Gasteiger charge is 2.27. The highest BCUT2D eigenvalue weighted by molar-refractivity contribution is 9.12. The molecule has 0 fully saturated rings. The van der Waals surface area contributed by atoms with E-state index in [1.54, 1.807) is 6.07 Å². The van der Waals surface area contributed by atoms with Gasteiger partial charge in [0, 0.05) is 11.6 Å². The lowest BCUT2D eigenvalue weighted by atomic mass is 9.97.